The smallest absolute Gasteiger partial charge is 0.128 e. The molecule has 18 heavy (non-hydrogen) atoms. The number of anilines is 1. The molecule has 0 spiro atoms. The molecule has 0 aromatic carbocycles. The van der Waals surface area contributed by atoms with Gasteiger partial charge in [0.05, 0.1) is 11.6 Å². The van der Waals surface area contributed by atoms with Crippen LogP contribution < -0.4 is 4.90 Å². The second-order valence-electron chi connectivity index (χ2n) is 5.31. The number of pyridine rings is 1. The zero-order valence-electron chi connectivity index (χ0n) is 11.4. The molecule has 0 atom stereocenters. The largest absolute Gasteiger partial charge is 0.357 e. The van der Waals surface area contributed by atoms with Gasteiger partial charge in [0.2, 0.25) is 0 Å². The van der Waals surface area contributed by atoms with Crippen LogP contribution in [0.15, 0.2) is 18.2 Å². The normalized spacial score (nSPS) is 23.9. The van der Waals surface area contributed by atoms with Gasteiger partial charge in [0, 0.05) is 13.1 Å². The Kier molecular flexibility index (Phi) is 4.87. The second-order valence-corrected chi connectivity index (χ2v) is 5.58. The lowest BCUT2D eigenvalue weighted by molar-refractivity contribution is 0.313. The van der Waals surface area contributed by atoms with Gasteiger partial charge >= 0.3 is 0 Å². The predicted molar refractivity (Wildman–Crippen MR) is 78.2 cm³/mol. The molecule has 0 unspecified atom stereocenters. The molecule has 100 valence electrons. The predicted octanol–water partition coefficient (Wildman–Crippen LogP) is 4.23. The number of alkyl halides is 1. The topological polar surface area (TPSA) is 16.1 Å². The fraction of sp³-hybridized carbons (Fsp3) is 0.667. The summed E-state index contributed by atoms with van der Waals surface area (Å²) >= 11 is 5.85. The molecule has 1 saturated carbocycles. The monoisotopic (exact) mass is 266 g/mol. The van der Waals surface area contributed by atoms with Gasteiger partial charge in [-0.25, -0.2) is 4.98 Å². The lowest BCUT2D eigenvalue weighted by atomic mass is 9.84. The van der Waals surface area contributed by atoms with E-state index in [1.807, 2.05) is 12.1 Å². The second kappa shape index (κ2) is 6.42. The molecule has 1 aromatic heterocycles. The number of hydrogen-bond donors (Lipinski definition) is 0. The first kappa shape index (κ1) is 13.7. The van der Waals surface area contributed by atoms with Crippen LogP contribution in [0.1, 0.15) is 44.7 Å². The first-order chi connectivity index (χ1) is 8.74. The van der Waals surface area contributed by atoms with E-state index in [0.29, 0.717) is 11.9 Å². The average Bonchev–Trinajstić information content (AvgIpc) is 2.46. The Balaban J connectivity index is 2.00. The van der Waals surface area contributed by atoms with Gasteiger partial charge in [-0.1, -0.05) is 19.4 Å². The van der Waals surface area contributed by atoms with Crippen LogP contribution in [-0.2, 0) is 5.88 Å². The average molecular weight is 267 g/mol. The van der Waals surface area contributed by atoms with E-state index in [1.165, 1.54) is 32.1 Å². The Morgan fingerprint density at radius 3 is 2.61 bits per heavy atom. The van der Waals surface area contributed by atoms with Gasteiger partial charge in [-0.2, -0.15) is 0 Å². The summed E-state index contributed by atoms with van der Waals surface area (Å²) < 4.78 is 0. The number of aromatic nitrogens is 1. The summed E-state index contributed by atoms with van der Waals surface area (Å²) in [5.41, 5.74) is 0.961. The van der Waals surface area contributed by atoms with Gasteiger partial charge in [0.15, 0.2) is 0 Å². The highest BCUT2D eigenvalue weighted by Crippen LogP contribution is 2.30. The van der Waals surface area contributed by atoms with E-state index < -0.39 is 0 Å². The van der Waals surface area contributed by atoms with Gasteiger partial charge < -0.3 is 4.90 Å². The third-order valence-corrected chi connectivity index (χ3v) is 4.51. The van der Waals surface area contributed by atoms with Crippen molar-refractivity contribution in [3.8, 4) is 0 Å². The van der Waals surface area contributed by atoms with Gasteiger partial charge in [0.25, 0.3) is 0 Å². The molecule has 3 heteroatoms. The summed E-state index contributed by atoms with van der Waals surface area (Å²) in [6.07, 6.45) is 6.64. The molecule has 2 nitrogen and oxygen atoms in total. The van der Waals surface area contributed by atoms with Crippen molar-refractivity contribution < 1.29 is 0 Å². The maximum atomic E-state index is 5.85. The van der Waals surface area contributed by atoms with E-state index in [-0.39, 0.29) is 0 Å². The molecule has 1 aromatic rings. The standard InChI is InChI=1S/C15H23ClN2/c1-3-12-7-9-14(10-8-12)18(2)15-6-4-5-13(11-16)17-15/h4-6,12,14H,3,7-11H2,1-2H3. The summed E-state index contributed by atoms with van der Waals surface area (Å²) in [5, 5.41) is 0. The molecule has 1 heterocycles. The summed E-state index contributed by atoms with van der Waals surface area (Å²) in [5.74, 6) is 2.49. The Labute approximate surface area is 115 Å². The third-order valence-electron chi connectivity index (χ3n) is 4.23. The summed E-state index contributed by atoms with van der Waals surface area (Å²) in [6.45, 7) is 2.31. The lowest BCUT2D eigenvalue weighted by Crippen LogP contribution is -2.35. The van der Waals surface area contributed by atoms with Crippen molar-refractivity contribution in [1.82, 2.24) is 4.98 Å². The van der Waals surface area contributed by atoms with Crippen LogP contribution in [0.4, 0.5) is 5.82 Å². The maximum Gasteiger partial charge on any atom is 0.128 e. The SMILES string of the molecule is CCC1CCC(N(C)c2cccc(CCl)n2)CC1. The molecular weight excluding hydrogens is 244 g/mol. The molecule has 1 aliphatic carbocycles. The zero-order chi connectivity index (χ0) is 13.0. The van der Waals surface area contributed by atoms with E-state index >= 15 is 0 Å². The molecule has 1 aliphatic rings. The Morgan fingerprint density at radius 1 is 1.28 bits per heavy atom. The van der Waals surface area contributed by atoms with Crippen LogP contribution in [0.3, 0.4) is 0 Å². The lowest BCUT2D eigenvalue weighted by Gasteiger charge is -2.35. The minimum Gasteiger partial charge on any atom is -0.357 e. The van der Waals surface area contributed by atoms with Crippen LogP contribution in [0, 0.1) is 5.92 Å². The highest BCUT2D eigenvalue weighted by molar-refractivity contribution is 6.16. The maximum absolute atomic E-state index is 5.85. The quantitative estimate of drug-likeness (QED) is 0.759. The highest BCUT2D eigenvalue weighted by Gasteiger charge is 2.23. The first-order valence-corrected chi connectivity index (χ1v) is 7.52. The highest BCUT2D eigenvalue weighted by atomic mass is 35.5. The Hall–Kier alpha value is -0.760. The van der Waals surface area contributed by atoms with Crippen LogP contribution in [-0.4, -0.2) is 18.1 Å². The summed E-state index contributed by atoms with van der Waals surface area (Å²) in [7, 11) is 2.16. The van der Waals surface area contributed by atoms with E-state index in [0.717, 1.165) is 17.4 Å². The van der Waals surface area contributed by atoms with Gasteiger partial charge in [0.1, 0.15) is 5.82 Å². The fourth-order valence-corrected chi connectivity index (χ4v) is 3.01. The fourth-order valence-electron chi connectivity index (χ4n) is 2.87. The molecule has 0 N–H and O–H groups in total. The molecule has 0 bridgehead atoms. The van der Waals surface area contributed by atoms with Crippen molar-refractivity contribution in [2.45, 2.75) is 50.9 Å². The molecule has 2 rings (SSSR count). The third kappa shape index (κ3) is 3.17. The van der Waals surface area contributed by atoms with E-state index in [4.69, 9.17) is 11.6 Å². The molecule has 0 aliphatic heterocycles. The summed E-state index contributed by atoms with van der Waals surface area (Å²) in [6, 6.07) is 6.76. The van der Waals surface area contributed by atoms with Gasteiger partial charge in [-0.3, -0.25) is 0 Å². The molecule has 0 radical (unpaired) electrons. The minimum atomic E-state index is 0.490. The summed E-state index contributed by atoms with van der Waals surface area (Å²) in [4.78, 5) is 6.93. The van der Waals surface area contributed by atoms with Crippen molar-refractivity contribution in [3.05, 3.63) is 23.9 Å². The Bertz CT molecular complexity index is 373. The van der Waals surface area contributed by atoms with Crippen LogP contribution in [0.5, 0.6) is 0 Å². The number of rotatable bonds is 4. The first-order valence-electron chi connectivity index (χ1n) is 6.99. The zero-order valence-corrected chi connectivity index (χ0v) is 12.2. The van der Waals surface area contributed by atoms with Crippen molar-refractivity contribution in [1.29, 1.82) is 0 Å². The molecule has 0 saturated heterocycles. The Morgan fingerprint density at radius 2 is 2.00 bits per heavy atom. The van der Waals surface area contributed by atoms with Crippen molar-refractivity contribution in [2.24, 2.45) is 5.92 Å². The molecular formula is C15H23ClN2. The van der Waals surface area contributed by atoms with Gasteiger partial charge in [-0.05, 0) is 43.7 Å². The van der Waals surface area contributed by atoms with Crippen molar-refractivity contribution in [2.75, 3.05) is 11.9 Å². The van der Waals surface area contributed by atoms with Crippen LogP contribution in [0.25, 0.3) is 0 Å². The number of hydrogen-bond acceptors (Lipinski definition) is 2. The van der Waals surface area contributed by atoms with Crippen LogP contribution in [0.2, 0.25) is 0 Å². The van der Waals surface area contributed by atoms with Crippen LogP contribution >= 0.6 is 11.6 Å². The van der Waals surface area contributed by atoms with E-state index in [2.05, 4.69) is 29.9 Å². The number of nitrogens with zero attached hydrogens (tertiary/aromatic N) is 2. The number of halogens is 1. The van der Waals surface area contributed by atoms with Crippen molar-refractivity contribution >= 4 is 17.4 Å². The van der Waals surface area contributed by atoms with E-state index in [1.54, 1.807) is 0 Å². The molecule has 0 amide bonds. The van der Waals surface area contributed by atoms with Gasteiger partial charge in [-0.15, -0.1) is 11.6 Å². The van der Waals surface area contributed by atoms with E-state index in [9.17, 15) is 0 Å². The minimum absolute atomic E-state index is 0.490. The van der Waals surface area contributed by atoms with Crippen molar-refractivity contribution in [3.63, 3.8) is 0 Å². The molecule has 1 fully saturated rings.